The van der Waals surface area contributed by atoms with Gasteiger partial charge in [0.1, 0.15) is 0 Å². The second-order valence-electron chi connectivity index (χ2n) is 5.18. The lowest BCUT2D eigenvalue weighted by atomic mass is 9.90. The van der Waals surface area contributed by atoms with Crippen LogP contribution in [0.1, 0.15) is 17.5 Å². The molecule has 0 aliphatic rings. The third-order valence-corrected chi connectivity index (χ3v) is 4.93. The molecule has 1 atom stereocenters. The summed E-state index contributed by atoms with van der Waals surface area (Å²) < 4.78 is 2.28. The number of nitrogens with zero attached hydrogens (tertiary/aromatic N) is 1. The zero-order chi connectivity index (χ0) is 14.2. The van der Waals surface area contributed by atoms with Crippen LogP contribution in [0.25, 0.3) is 10.2 Å². The van der Waals surface area contributed by atoms with Crippen molar-refractivity contribution >= 4 is 37.5 Å². The van der Waals surface area contributed by atoms with Gasteiger partial charge in [-0.3, -0.25) is 0 Å². The molecule has 0 aliphatic carbocycles. The first-order valence-corrected chi connectivity index (χ1v) is 8.05. The Kier molecular flexibility index (Phi) is 3.63. The van der Waals surface area contributed by atoms with E-state index in [9.17, 15) is 0 Å². The summed E-state index contributed by atoms with van der Waals surface area (Å²) in [5.41, 5.74) is 8.26. The summed E-state index contributed by atoms with van der Waals surface area (Å²) in [6, 6.07) is 16.4. The minimum Gasteiger partial charge on any atom is -0.321 e. The number of hydrogen-bond donors (Lipinski definition) is 1. The molecule has 0 amide bonds. The largest absolute Gasteiger partial charge is 0.321 e. The van der Waals surface area contributed by atoms with Crippen LogP contribution < -0.4 is 5.73 Å². The molecule has 20 heavy (non-hydrogen) atoms. The van der Waals surface area contributed by atoms with Gasteiger partial charge in [0.2, 0.25) is 0 Å². The Hall–Kier alpha value is -1.23. The van der Waals surface area contributed by atoms with Crippen LogP contribution in [0, 0.1) is 0 Å². The van der Waals surface area contributed by atoms with Crippen molar-refractivity contribution < 1.29 is 0 Å². The third-order valence-electron chi connectivity index (χ3n) is 3.36. The summed E-state index contributed by atoms with van der Waals surface area (Å²) in [6.07, 6.45) is 0.744. The standard InChI is InChI=1S/C16H15BrN2S/c1-16(18,11-6-8-12(17)9-7-11)10-15-19-13-4-2-3-5-14(13)20-15/h2-9H,10,18H2,1H3. The Bertz CT molecular complexity index is 699. The molecule has 3 aromatic rings. The van der Waals surface area contributed by atoms with Gasteiger partial charge in [0.25, 0.3) is 0 Å². The fourth-order valence-corrected chi connectivity index (χ4v) is 3.64. The van der Waals surface area contributed by atoms with Crippen molar-refractivity contribution in [3.05, 3.63) is 63.6 Å². The van der Waals surface area contributed by atoms with Gasteiger partial charge in [0.15, 0.2) is 0 Å². The van der Waals surface area contributed by atoms with Gasteiger partial charge < -0.3 is 5.73 Å². The van der Waals surface area contributed by atoms with Crippen LogP contribution in [-0.4, -0.2) is 4.98 Å². The van der Waals surface area contributed by atoms with Crippen LogP contribution in [0.15, 0.2) is 53.0 Å². The van der Waals surface area contributed by atoms with E-state index in [2.05, 4.69) is 46.0 Å². The number of aromatic nitrogens is 1. The van der Waals surface area contributed by atoms with E-state index >= 15 is 0 Å². The zero-order valence-electron chi connectivity index (χ0n) is 11.1. The molecule has 4 heteroatoms. The summed E-state index contributed by atoms with van der Waals surface area (Å²) in [5.74, 6) is 0. The molecule has 2 nitrogen and oxygen atoms in total. The van der Waals surface area contributed by atoms with E-state index in [-0.39, 0.29) is 0 Å². The molecule has 2 aromatic carbocycles. The monoisotopic (exact) mass is 346 g/mol. The van der Waals surface area contributed by atoms with Crippen molar-refractivity contribution in [3.8, 4) is 0 Å². The van der Waals surface area contributed by atoms with Crippen molar-refractivity contribution in [3.63, 3.8) is 0 Å². The van der Waals surface area contributed by atoms with E-state index in [1.54, 1.807) is 11.3 Å². The predicted molar refractivity (Wildman–Crippen MR) is 89.0 cm³/mol. The number of para-hydroxylation sites is 1. The zero-order valence-corrected chi connectivity index (χ0v) is 13.5. The Morgan fingerprint density at radius 2 is 1.85 bits per heavy atom. The molecule has 0 aliphatic heterocycles. The average Bonchev–Trinajstić information content (AvgIpc) is 2.80. The van der Waals surface area contributed by atoms with Crippen LogP contribution in [0.5, 0.6) is 0 Å². The summed E-state index contributed by atoms with van der Waals surface area (Å²) in [5, 5.41) is 1.08. The highest BCUT2D eigenvalue weighted by Crippen LogP contribution is 2.28. The van der Waals surface area contributed by atoms with E-state index in [4.69, 9.17) is 5.73 Å². The van der Waals surface area contributed by atoms with Gasteiger partial charge in [0, 0.05) is 16.4 Å². The first kappa shape index (κ1) is 13.7. The van der Waals surface area contributed by atoms with E-state index < -0.39 is 5.54 Å². The number of hydrogen-bond acceptors (Lipinski definition) is 3. The third kappa shape index (κ3) is 2.77. The molecule has 1 unspecified atom stereocenters. The lowest BCUT2D eigenvalue weighted by Crippen LogP contribution is -2.35. The molecule has 0 saturated carbocycles. The maximum atomic E-state index is 6.49. The van der Waals surface area contributed by atoms with Gasteiger partial charge in [0.05, 0.1) is 15.2 Å². The van der Waals surface area contributed by atoms with E-state index in [0.717, 1.165) is 27.0 Å². The number of halogens is 1. The maximum Gasteiger partial charge on any atom is 0.0960 e. The molecule has 0 bridgehead atoms. The van der Waals surface area contributed by atoms with Crippen molar-refractivity contribution in [1.82, 2.24) is 4.98 Å². The molecule has 2 N–H and O–H groups in total. The van der Waals surface area contributed by atoms with Crippen molar-refractivity contribution in [2.75, 3.05) is 0 Å². The molecular formula is C16H15BrN2S. The van der Waals surface area contributed by atoms with E-state index in [1.807, 2.05) is 30.3 Å². The number of rotatable bonds is 3. The lowest BCUT2D eigenvalue weighted by Gasteiger charge is -2.24. The average molecular weight is 347 g/mol. The van der Waals surface area contributed by atoms with Crippen molar-refractivity contribution in [2.45, 2.75) is 18.9 Å². The van der Waals surface area contributed by atoms with Gasteiger partial charge in [-0.05, 0) is 36.8 Å². The molecule has 1 heterocycles. The van der Waals surface area contributed by atoms with E-state index in [0.29, 0.717) is 0 Å². The second kappa shape index (κ2) is 5.28. The lowest BCUT2D eigenvalue weighted by molar-refractivity contribution is 0.490. The van der Waals surface area contributed by atoms with Gasteiger partial charge >= 0.3 is 0 Å². The van der Waals surface area contributed by atoms with Gasteiger partial charge in [-0.15, -0.1) is 11.3 Å². The maximum absolute atomic E-state index is 6.49. The van der Waals surface area contributed by atoms with Gasteiger partial charge in [-0.2, -0.15) is 0 Å². The van der Waals surface area contributed by atoms with Crippen molar-refractivity contribution in [1.29, 1.82) is 0 Å². The normalized spacial score (nSPS) is 14.3. The first-order valence-electron chi connectivity index (χ1n) is 6.44. The smallest absolute Gasteiger partial charge is 0.0960 e. The van der Waals surface area contributed by atoms with Crippen LogP contribution in [0.4, 0.5) is 0 Å². The molecule has 102 valence electrons. The highest BCUT2D eigenvalue weighted by molar-refractivity contribution is 9.10. The molecular weight excluding hydrogens is 332 g/mol. The molecule has 0 fully saturated rings. The van der Waals surface area contributed by atoms with Crippen LogP contribution in [-0.2, 0) is 12.0 Å². The van der Waals surface area contributed by atoms with Crippen molar-refractivity contribution in [2.24, 2.45) is 5.73 Å². The number of benzene rings is 2. The molecule has 0 radical (unpaired) electrons. The number of fused-ring (bicyclic) bond motifs is 1. The molecule has 0 spiro atoms. The SMILES string of the molecule is CC(N)(Cc1nc2ccccc2s1)c1ccc(Br)cc1. The number of thiazole rings is 1. The summed E-state index contributed by atoms with van der Waals surface area (Å²) >= 11 is 5.17. The summed E-state index contributed by atoms with van der Waals surface area (Å²) in [4.78, 5) is 4.67. The highest BCUT2D eigenvalue weighted by atomic mass is 79.9. The fourth-order valence-electron chi connectivity index (χ4n) is 2.24. The number of nitrogens with two attached hydrogens (primary N) is 1. The Morgan fingerprint density at radius 3 is 2.55 bits per heavy atom. The first-order chi connectivity index (χ1) is 9.54. The summed E-state index contributed by atoms with van der Waals surface area (Å²) in [7, 11) is 0. The Morgan fingerprint density at radius 1 is 1.15 bits per heavy atom. The fraction of sp³-hybridized carbons (Fsp3) is 0.188. The Labute approximate surface area is 130 Å². The topological polar surface area (TPSA) is 38.9 Å². The minimum absolute atomic E-state index is 0.408. The van der Waals surface area contributed by atoms with Gasteiger partial charge in [-0.1, -0.05) is 40.2 Å². The quantitative estimate of drug-likeness (QED) is 0.759. The Balaban J connectivity index is 1.90. The summed E-state index contributed by atoms with van der Waals surface area (Å²) in [6.45, 7) is 2.06. The molecule has 0 saturated heterocycles. The predicted octanol–water partition coefficient (Wildman–Crippen LogP) is 4.48. The van der Waals surface area contributed by atoms with Crippen LogP contribution in [0.2, 0.25) is 0 Å². The van der Waals surface area contributed by atoms with Crippen LogP contribution in [0.3, 0.4) is 0 Å². The minimum atomic E-state index is -0.408. The second-order valence-corrected chi connectivity index (χ2v) is 7.21. The molecule has 3 rings (SSSR count). The van der Waals surface area contributed by atoms with Gasteiger partial charge in [-0.25, -0.2) is 4.98 Å². The highest BCUT2D eigenvalue weighted by Gasteiger charge is 2.23. The van der Waals surface area contributed by atoms with Crippen LogP contribution >= 0.6 is 27.3 Å². The molecule has 1 aromatic heterocycles. The van der Waals surface area contributed by atoms with E-state index in [1.165, 1.54) is 4.70 Å².